The number of aromatic nitrogens is 2. The van der Waals surface area contributed by atoms with E-state index in [1.807, 2.05) is 6.08 Å². The minimum Gasteiger partial charge on any atom is -0.491 e. The molecule has 1 aliphatic carbocycles. The maximum atomic E-state index is 13.6. The van der Waals surface area contributed by atoms with Crippen LogP contribution in [0.4, 0.5) is 21.6 Å². The number of nitrogens with zero attached hydrogens (tertiary/aromatic N) is 3. The molecule has 0 bridgehead atoms. The normalized spacial score (nSPS) is 16.8. The zero-order chi connectivity index (χ0) is 25.8. The fourth-order valence-electron chi connectivity index (χ4n) is 4.19. The largest absolute Gasteiger partial charge is 0.491 e. The van der Waals surface area contributed by atoms with Crippen molar-refractivity contribution in [3.8, 4) is 5.75 Å². The Morgan fingerprint density at radius 1 is 1.19 bits per heavy atom. The number of amides is 1. The Balaban J connectivity index is 1.36. The SMILES string of the molecule is O=C(C=CCN1CCC(O)CC1)Nc1cc2c(Nc3ccc(F)c(Cl)c3)ncnc2cc1OCC1CC1. The summed E-state index contributed by atoms with van der Waals surface area (Å²) < 4.78 is 19.7. The molecule has 5 rings (SSSR count). The molecule has 1 aromatic heterocycles. The predicted octanol–water partition coefficient (Wildman–Crippen LogP) is 4.91. The molecular weight excluding hydrogens is 497 g/mol. The van der Waals surface area contributed by atoms with E-state index < -0.39 is 5.82 Å². The number of anilines is 3. The van der Waals surface area contributed by atoms with Crippen LogP contribution in [0.5, 0.6) is 5.75 Å². The second-order valence-electron chi connectivity index (χ2n) is 9.52. The quantitative estimate of drug-likeness (QED) is 0.341. The summed E-state index contributed by atoms with van der Waals surface area (Å²) in [5.74, 6) is 0.783. The molecule has 0 atom stereocenters. The van der Waals surface area contributed by atoms with Crippen molar-refractivity contribution in [2.75, 3.05) is 36.9 Å². The number of hydrogen-bond donors (Lipinski definition) is 3. The van der Waals surface area contributed by atoms with E-state index in [1.165, 1.54) is 24.5 Å². The molecule has 2 aromatic carbocycles. The zero-order valence-corrected chi connectivity index (χ0v) is 21.0. The number of hydrogen-bond acceptors (Lipinski definition) is 7. The third-order valence-electron chi connectivity index (χ3n) is 6.54. The lowest BCUT2D eigenvalue weighted by Crippen LogP contribution is -2.35. The number of halogens is 2. The van der Waals surface area contributed by atoms with Crippen LogP contribution in [0.25, 0.3) is 10.9 Å². The van der Waals surface area contributed by atoms with Crippen molar-refractivity contribution in [2.45, 2.75) is 31.8 Å². The van der Waals surface area contributed by atoms with Gasteiger partial charge in [0.05, 0.1) is 28.9 Å². The number of aliphatic hydroxyl groups is 1. The summed E-state index contributed by atoms with van der Waals surface area (Å²) in [6.45, 7) is 2.85. The third kappa shape index (κ3) is 6.74. The van der Waals surface area contributed by atoms with E-state index in [0.717, 1.165) is 38.8 Å². The second kappa shape index (κ2) is 11.4. The Labute approximate surface area is 219 Å². The highest BCUT2D eigenvalue weighted by molar-refractivity contribution is 6.31. The van der Waals surface area contributed by atoms with Crippen molar-refractivity contribution >= 4 is 45.6 Å². The Kier molecular flexibility index (Phi) is 7.83. The van der Waals surface area contributed by atoms with Crippen molar-refractivity contribution in [2.24, 2.45) is 5.92 Å². The van der Waals surface area contributed by atoms with E-state index in [-0.39, 0.29) is 17.0 Å². The summed E-state index contributed by atoms with van der Waals surface area (Å²) >= 11 is 5.93. The van der Waals surface area contributed by atoms with Gasteiger partial charge in [0.25, 0.3) is 0 Å². The number of piperidine rings is 1. The van der Waals surface area contributed by atoms with E-state index in [9.17, 15) is 14.3 Å². The van der Waals surface area contributed by atoms with Gasteiger partial charge in [0.2, 0.25) is 5.91 Å². The molecule has 10 heteroatoms. The summed E-state index contributed by atoms with van der Waals surface area (Å²) in [5, 5.41) is 16.4. The van der Waals surface area contributed by atoms with Gasteiger partial charge in [-0.25, -0.2) is 14.4 Å². The molecule has 37 heavy (non-hydrogen) atoms. The fraction of sp³-hybridized carbons (Fsp3) is 0.370. The van der Waals surface area contributed by atoms with Crippen LogP contribution in [0.15, 0.2) is 48.8 Å². The van der Waals surface area contributed by atoms with E-state index in [4.69, 9.17) is 16.3 Å². The molecule has 1 saturated carbocycles. The highest BCUT2D eigenvalue weighted by Crippen LogP contribution is 2.36. The van der Waals surface area contributed by atoms with Gasteiger partial charge >= 0.3 is 0 Å². The Hall–Kier alpha value is -3.27. The van der Waals surface area contributed by atoms with Gasteiger partial charge < -0.3 is 20.5 Å². The average Bonchev–Trinajstić information content (AvgIpc) is 3.71. The molecule has 0 spiro atoms. The molecule has 8 nitrogen and oxygen atoms in total. The highest BCUT2D eigenvalue weighted by Gasteiger charge is 2.23. The lowest BCUT2D eigenvalue weighted by Gasteiger charge is -2.28. The first-order chi connectivity index (χ1) is 17.9. The molecule has 1 amide bonds. The maximum Gasteiger partial charge on any atom is 0.248 e. The molecule has 2 fully saturated rings. The second-order valence-corrected chi connectivity index (χ2v) is 9.93. The topological polar surface area (TPSA) is 99.6 Å². The minimum absolute atomic E-state index is 0.000375. The van der Waals surface area contributed by atoms with Crippen LogP contribution in [0.1, 0.15) is 25.7 Å². The number of aliphatic hydroxyl groups excluding tert-OH is 1. The standard InChI is InChI=1S/C27H29ClFN5O3/c28-21-12-18(5-6-22(21)29)32-27-20-13-24(25(37-15-17-3-4-17)14-23(20)30-16-31-27)33-26(36)2-1-9-34-10-7-19(35)8-11-34/h1-2,5-6,12-14,16-17,19,35H,3-4,7-11,15H2,(H,33,36)(H,30,31,32). The van der Waals surface area contributed by atoms with Gasteiger partial charge in [0, 0.05) is 42.9 Å². The van der Waals surface area contributed by atoms with Crippen molar-refractivity contribution in [1.29, 1.82) is 0 Å². The Bertz CT molecular complexity index is 1310. The number of nitrogens with one attached hydrogen (secondary N) is 2. The van der Waals surface area contributed by atoms with Gasteiger partial charge in [-0.15, -0.1) is 0 Å². The number of fused-ring (bicyclic) bond motifs is 1. The van der Waals surface area contributed by atoms with Crippen LogP contribution in [0.3, 0.4) is 0 Å². The number of benzene rings is 2. The Morgan fingerprint density at radius 2 is 2.00 bits per heavy atom. The van der Waals surface area contributed by atoms with E-state index >= 15 is 0 Å². The van der Waals surface area contributed by atoms with Gasteiger partial charge in [0.15, 0.2) is 0 Å². The van der Waals surface area contributed by atoms with Crippen LogP contribution in [0.2, 0.25) is 5.02 Å². The van der Waals surface area contributed by atoms with Crippen LogP contribution >= 0.6 is 11.6 Å². The first kappa shape index (κ1) is 25.4. The van der Waals surface area contributed by atoms with Crippen LogP contribution in [-0.4, -0.2) is 58.2 Å². The van der Waals surface area contributed by atoms with Crippen molar-refractivity contribution in [1.82, 2.24) is 14.9 Å². The molecule has 1 saturated heterocycles. The number of ether oxygens (including phenoxy) is 1. The number of carbonyl (C=O) groups is 1. The predicted molar refractivity (Wildman–Crippen MR) is 142 cm³/mol. The lowest BCUT2D eigenvalue weighted by molar-refractivity contribution is -0.111. The van der Waals surface area contributed by atoms with Crippen LogP contribution in [0, 0.1) is 11.7 Å². The smallest absolute Gasteiger partial charge is 0.248 e. The summed E-state index contributed by atoms with van der Waals surface area (Å²) in [6.07, 6.45) is 8.33. The zero-order valence-electron chi connectivity index (χ0n) is 20.3. The van der Waals surface area contributed by atoms with E-state index in [2.05, 4.69) is 25.5 Å². The first-order valence-corrected chi connectivity index (χ1v) is 12.8. The maximum absolute atomic E-state index is 13.6. The molecule has 1 aliphatic heterocycles. The molecule has 2 aliphatic rings. The van der Waals surface area contributed by atoms with Gasteiger partial charge in [-0.3, -0.25) is 9.69 Å². The molecule has 0 unspecified atom stereocenters. The monoisotopic (exact) mass is 525 g/mol. The Morgan fingerprint density at radius 3 is 2.76 bits per heavy atom. The van der Waals surface area contributed by atoms with Gasteiger partial charge in [-0.2, -0.15) is 0 Å². The number of likely N-dealkylation sites (tertiary alicyclic amines) is 1. The molecular formula is C27H29ClFN5O3. The molecule has 3 aromatic rings. The number of rotatable bonds is 9. The van der Waals surface area contributed by atoms with E-state index in [1.54, 1.807) is 18.2 Å². The minimum atomic E-state index is -0.506. The fourth-order valence-corrected chi connectivity index (χ4v) is 4.37. The van der Waals surface area contributed by atoms with Crippen LogP contribution in [-0.2, 0) is 4.79 Å². The summed E-state index contributed by atoms with van der Waals surface area (Å²) in [4.78, 5) is 23.7. The van der Waals surface area contributed by atoms with E-state index in [0.29, 0.717) is 52.9 Å². The van der Waals surface area contributed by atoms with Crippen molar-refractivity contribution < 1.29 is 19.0 Å². The lowest BCUT2D eigenvalue weighted by atomic mass is 10.1. The van der Waals surface area contributed by atoms with Crippen molar-refractivity contribution in [3.63, 3.8) is 0 Å². The summed E-state index contributed by atoms with van der Waals surface area (Å²) in [7, 11) is 0. The summed E-state index contributed by atoms with van der Waals surface area (Å²) in [6, 6.07) is 7.90. The van der Waals surface area contributed by atoms with Gasteiger partial charge in [-0.1, -0.05) is 17.7 Å². The number of carbonyl (C=O) groups excluding carboxylic acids is 1. The molecule has 3 N–H and O–H groups in total. The molecule has 194 valence electrons. The van der Waals surface area contributed by atoms with Crippen molar-refractivity contribution in [3.05, 3.63) is 59.7 Å². The van der Waals surface area contributed by atoms with Crippen LogP contribution < -0.4 is 15.4 Å². The highest BCUT2D eigenvalue weighted by atomic mass is 35.5. The first-order valence-electron chi connectivity index (χ1n) is 12.5. The summed E-state index contributed by atoms with van der Waals surface area (Å²) in [5.41, 5.74) is 1.72. The molecule has 2 heterocycles. The van der Waals surface area contributed by atoms with Gasteiger partial charge in [-0.05, 0) is 55.9 Å². The average molecular weight is 526 g/mol. The molecule has 0 radical (unpaired) electrons. The third-order valence-corrected chi connectivity index (χ3v) is 6.83. The van der Waals surface area contributed by atoms with Gasteiger partial charge in [0.1, 0.15) is 23.7 Å².